The number of aromatic nitrogens is 3. The van der Waals surface area contributed by atoms with Crippen LogP contribution in [0.25, 0.3) is 5.65 Å². The number of rotatable bonds is 1. The summed E-state index contributed by atoms with van der Waals surface area (Å²) >= 11 is 5.78. The molecular formula is C11H11ClN4O. The number of anilines is 1. The SMILES string of the molecule is Clc1nc2ccc(N3C[C@@H]4C[C@H]3CO4)cn2n1. The van der Waals surface area contributed by atoms with Gasteiger partial charge in [0.2, 0.25) is 5.28 Å². The molecule has 17 heavy (non-hydrogen) atoms. The van der Waals surface area contributed by atoms with Gasteiger partial charge in [-0.05, 0) is 30.2 Å². The number of pyridine rings is 1. The highest BCUT2D eigenvalue weighted by atomic mass is 35.5. The molecule has 0 unspecified atom stereocenters. The van der Waals surface area contributed by atoms with E-state index in [0.717, 1.165) is 30.9 Å². The first-order valence-corrected chi connectivity index (χ1v) is 6.07. The van der Waals surface area contributed by atoms with Gasteiger partial charge >= 0.3 is 0 Å². The summed E-state index contributed by atoms with van der Waals surface area (Å²) < 4.78 is 7.32. The largest absolute Gasteiger partial charge is 0.374 e. The third-order valence-corrected chi connectivity index (χ3v) is 3.68. The summed E-state index contributed by atoms with van der Waals surface area (Å²) in [5, 5.41) is 4.41. The molecule has 2 fully saturated rings. The van der Waals surface area contributed by atoms with Crippen molar-refractivity contribution in [2.75, 3.05) is 18.1 Å². The number of fused-ring (bicyclic) bond motifs is 3. The lowest BCUT2D eigenvalue weighted by Gasteiger charge is -2.28. The van der Waals surface area contributed by atoms with E-state index in [1.54, 1.807) is 4.52 Å². The van der Waals surface area contributed by atoms with Crippen LogP contribution in [0.15, 0.2) is 18.3 Å². The minimum atomic E-state index is 0.286. The predicted molar refractivity (Wildman–Crippen MR) is 63.5 cm³/mol. The first-order valence-electron chi connectivity index (χ1n) is 5.70. The fraction of sp³-hybridized carbons (Fsp3) is 0.455. The van der Waals surface area contributed by atoms with Crippen molar-refractivity contribution in [3.05, 3.63) is 23.6 Å². The summed E-state index contributed by atoms with van der Waals surface area (Å²) in [6, 6.07) is 4.53. The van der Waals surface area contributed by atoms with E-state index in [0.29, 0.717) is 12.1 Å². The topological polar surface area (TPSA) is 42.7 Å². The second kappa shape index (κ2) is 3.34. The molecule has 2 aliphatic heterocycles. The van der Waals surface area contributed by atoms with Crippen molar-refractivity contribution in [3.8, 4) is 0 Å². The van der Waals surface area contributed by atoms with E-state index >= 15 is 0 Å². The maximum absolute atomic E-state index is 5.78. The Bertz CT molecular complexity index is 584. The fourth-order valence-electron chi connectivity index (χ4n) is 2.73. The van der Waals surface area contributed by atoms with Gasteiger partial charge in [0.1, 0.15) is 0 Å². The Morgan fingerprint density at radius 3 is 3.12 bits per heavy atom. The quantitative estimate of drug-likeness (QED) is 0.767. The van der Waals surface area contributed by atoms with Crippen molar-refractivity contribution in [1.29, 1.82) is 0 Å². The zero-order valence-corrected chi connectivity index (χ0v) is 9.84. The van der Waals surface area contributed by atoms with Crippen molar-refractivity contribution in [1.82, 2.24) is 14.6 Å². The number of halogens is 1. The number of nitrogens with zero attached hydrogens (tertiary/aromatic N) is 4. The first-order chi connectivity index (χ1) is 8.29. The molecule has 2 aromatic rings. The van der Waals surface area contributed by atoms with Gasteiger partial charge in [-0.25, -0.2) is 4.52 Å². The molecule has 0 N–H and O–H groups in total. The van der Waals surface area contributed by atoms with Gasteiger partial charge in [0.05, 0.1) is 30.6 Å². The van der Waals surface area contributed by atoms with E-state index in [2.05, 4.69) is 21.0 Å². The van der Waals surface area contributed by atoms with E-state index in [1.807, 2.05) is 12.3 Å². The monoisotopic (exact) mass is 250 g/mol. The Labute approximate surface area is 103 Å². The Morgan fingerprint density at radius 2 is 2.35 bits per heavy atom. The van der Waals surface area contributed by atoms with E-state index in [9.17, 15) is 0 Å². The third kappa shape index (κ3) is 1.42. The molecule has 2 atom stereocenters. The first kappa shape index (κ1) is 9.67. The molecule has 0 aromatic carbocycles. The van der Waals surface area contributed by atoms with Crippen molar-refractivity contribution < 1.29 is 4.74 Å². The summed E-state index contributed by atoms with van der Waals surface area (Å²) in [5.41, 5.74) is 1.94. The maximum Gasteiger partial charge on any atom is 0.243 e. The van der Waals surface area contributed by atoms with E-state index in [1.165, 1.54) is 0 Å². The highest BCUT2D eigenvalue weighted by molar-refractivity contribution is 6.28. The minimum absolute atomic E-state index is 0.286. The molecule has 6 heteroatoms. The highest BCUT2D eigenvalue weighted by Crippen LogP contribution is 2.32. The van der Waals surface area contributed by atoms with Crippen molar-refractivity contribution >= 4 is 22.9 Å². The summed E-state index contributed by atoms with van der Waals surface area (Å²) in [7, 11) is 0. The van der Waals surface area contributed by atoms with Crippen LogP contribution >= 0.6 is 11.6 Å². The number of morpholine rings is 1. The molecule has 88 valence electrons. The minimum Gasteiger partial charge on any atom is -0.374 e. The molecule has 2 aliphatic rings. The summed E-state index contributed by atoms with van der Waals surface area (Å²) in [6.45, 7) is 1.80. The van der Waals surface area contributed by atoms with Crippen LogP contribution in [-0.2, 0) is 4.74 Å². The molecule has 0 amide bonds. The lowest BCUT2D eigenvalue weighted by atomic mass is 10.2. The van der Waals surface area contributed by atoms with Crippen LogP contribution in [0.5, 0.6) is 0 Å². The maximum atomic E-state index is 5.78. The van der Waals surface area contributed by atoms with Crippen LogP contribution in [0, 0.1) is 0 Å². The summed E-state index contributed by atoms with van der Waals surface area (Å²) in [6.07, 6.45) is 3.51. The molecule has 2 bridgehead atoms. The standard InChI is InChI=1S/C11H11ClN4O/c12-11-13-10-2-1-7(4-16(10)14-11)15-5-9-3-8(15)6-17-9/h1-2,4,8-9H,3,5-6H2/t8-,9-/m0/s1. The molecule has 2 saturated heterocycles. The molecule has 0 aliphatic carbocycles. The zero-order valence-electron chi connectivity index (χ0n) is 9.08. The van der Waals surface area contributed by atoms with Crippen LogP contribution in [0.4, 0.5) is 5.69 Å². The van der Waals surface area contributed by atoms with Gasteiger partial charge in [-0.2, -0.15) is 4.98 Å². The Kier molecular flexibility index (Phi) is 1.90. The molecule has 2 aromatic heterocycles. The average Bonchev–Trinajstić information content (AvgIpc) is 3.00. The lowest BCUT2D eigenvalue weighted by Crippen LogP contribution is -2.37. The molecular weight excluding hydrogens is 240 g/mol. The predicted octanol–water partition coefficient (Wildman–Crippen LogP) is 1.36. The van der Waals surface area contributed by atoms with Crippen molar-refractivity contribution in [2.45, 2.75) is 18.6 Å². The molecule has 5 nitrogen and oxygen atoms in total. The number of ether oxygens (including phenoxy) is 1. The van der Waals surface area contributed by atoms with Gasteiger partial charge in [0, 0.05) is 6.54 Å². The second-order valence-electron chi connectivity index (χ2n) is 4.57. The number of hydrogen-bond donors (Lipinski definition) is 0. The number of hydrogen-bond acceptors (Lipinski definition) is 4. The van der Waals surface area contributed by atoms with Crippen LogP contribution in [0.2, 0.25) is 5.28 Å². The smallest absolute Gasteiger partial charge is 0.243 e. The van der Waals surface area contributed by atoms with Gasteiger partial charge in [0.25, 0.3) is 0 Å². The fourth-order valence-corrected chi connectivity index (χ4v) is 2.90. The van der Waals surface area contributed by atoms with E-state index < -0.39 is 0 Å². The highest BCUT2D eigenvalue weighted by Gasteiger charge is 2.39. The van der Waals surface area contributed by atoms with Crippen LogP contribution in [-0.4, -0.2) is 39.9 Å². The van der Waals surface area contributed by atoms with Gasteiger partial charge in [0.15, 0.2) is 5.65 Å². The molecule has 4 heterocycles. The van der Waals surface area contributed by atoms with E-state index in [-0.39, 0.29) is 5.28 Å². The summed E-state index contributed by atoms with van der Waals surface area (Å²) in [5.74, 6) is 0. The van der Waals surface area contributed by atoms with Gasteiger partial charge in [-0.15, -0.1) is 5.10 Å². The molecule has 0 saturated carbocycles. The van der Waals surface area contributed by atoms with Gasteiger partial charge in [-0.1, -0.05) is 0 Å². The molecule has 0 spiro atoms. The molecule has 4 rings (SSSR count). The average molecular weight is 251 g/mol. The lowest BCUT2D eigenvalue weighted by molar-refractivity contribution is 0.0991. The van der Waals surface area contributed by atoms with Crippen LogP contribution in [0.1, 0.15) is 6.42 Å². The van der Waals surface area contributed by atoms with Crippen molar-refractivity contribution in [2.24, 2.45) is 0 Å². The Morgan fingerprint density at radius 1 is 1.41 bits per heavy atom. The van der Waals surface area contributed by atoms with Crippen LogP contribution < -0.4 is 4.90 Å². The second-order valence-corrected chi connectivity index (χ2v) is 4.91. The van der Waals surface area contributed by atoms with Gasteiger partial charge < -0.3 is 9.64 Å². The molecule has 0 radical (unpaired) electrons. The Hall–Kier alpha value is -1.33. The zero-order chi connectivity index (χ0) is 11.4. The van der Waals surface area contributed by atoms with E-state index in [4.69, 9.17) is 16.3 Å². The Balaban J connectivity index is 1.75. The van der Waals surface area contributed by atoms with Crippen molar-refractivity contribution in [3.63, 3.8) is 0 Å². The summed E-state index contributed by atoms with van der Waals surface area (Å²) in [4.78, 5) is 6.48. The van der Waals surface area contributed by atoms with Gasteiger partial charge in [-0.3, -0.25) is 0 Å². The normalized spacial score (nSPS) is 27.2. The third-order valence-electron chi connectivity index (χ3n) is 3.52. The van der Waals surface area contributed by atoms with Crippen LogP contribution in [0.3, 0.4) is 0 Å².